The first-order chi connectivity index (χ1) is 15.7. The van der Waals surface area contributed by atoms with Gasteiger partial charge < -0.3 is 0 Å². The van der Waals surface area contributed by atoms with Gasteiger partial charge in [0, 0.05) is 0 Å². The summed E-state index contributed by atoms with van der Waals surface area (Å²) in [5.41, 5.74) is 1.59. The van der Waals surface area contributed by atoms with Gasteiger partial charge in [0.15, 0.2) is 0 Å². The molecule has 0 aromatic carbocycles. The van der Waals surface area contributed by atoms with E-state index in [1.807, 2.05) is 0 Å². The van der Waals surface area contributed by atoms with Gasteiger partial charge in [0.25, 0.3) is 0 Å². The van der Waals surface area contributed by atoms with Gasteiger partial charge in [0.1, 0.15) is 0 Å². The third-order valence-corrected chi connectivity index (χ3v) is 15.8. The maximum Gasteiger partial charge on any atom is 0.0594 e. The van der Waals surface area contributed by atoms with Gasteiger partial charge >= 0.3 is 0 Å². The smallest absolute Gasteiger partial charge is 0.0594 e. The Labute approximate surface area is 195 Å². The third kappa shape index (κ3) is 2.93. The summed E-state index contributed by atoms with van der Waals surface area (Å²) in [4.78, 5) is 0. The topological polar surface area (TPSA) is 0 Å². The first kappa shape index (κ1) is 20.5. The van der Waals surface area contributed by atoms with Crippen molar-refractivity contribution in [3.05, 3.63) is 110 Å². The molecule has 0 aliphatic heterocycles. The van der Waals surface area contributed by atoms with Gasteiger partial charge in [0.2, 0.25) is 0 Å². The van der Waals surface area contributed by atoms with Crippen molar-refractivity contribution in [1.29, 1.82) is 0 Å². The highest BCUT2D eigenvalue weighted by Gasteiger charge is 2.62. The molecule has 0 radical (unpaired) electrons. The zero-order valence-corrected chi connectivity index (χ0v) is 20.2. The molecule has 0 saturated heterocycles. The molecule has 8 atom stereocenters. The molecule has 8 unspecified atom stereocenters. The lowest BCUT2D eigenvalue weighted by Crippen LogP contribution is -2.48. The molecule has 2 saturated carbocycles. The predicted molar refractivity (Wildman–Crippen MR) is 140 cm³/mol. The fourth-order valence-electron chi connectivity index (χ4n) is 8.78. The standard InChI is InChI=1S/C31H36Si/c1-3-4-21-32(2,30-26-17-9-5-13-22(26)23-14-6-10-18-27(23)30)31-28-19-11-7-15-24(28)25-16-8-12-20-29(25)31/h3,5-20,22-31H,1,4,21H2,2H3. The normalized spacial score (nSPS) is 45.9. The quantitative estimate of drug-likeness (QED) is 0.304. The zero-order chi connectivity index (χ0) is 21.7. The molecule has 164 valence electrons. The minimum Gasteiger partial charge on any atom is -0.103 e. The average Bonchev–Trinajstić information content (AvgIpc) is 3.37. The minimum atomic E-state index is -1.75. The van der Waals surface area contributed by atoms with Gasteiger partial charge in [-0.2, -0.15) is 0 Å². The van der Waals surface area contributed by atoms with Crippen LogP contribution < -0.4 is 0 Å². The van der Waals surface area contributed by atoms with Crippen LogP contribution in [0.1, 0.15) is 6.42 Å². The van der Waals surface area contributed by atoms with Gasteiger partial charge in [-0.1, -0.05) is 116 Å². The summed E-state index contributed by atoms with van der Waals surface area (Å²) in [5.74, 6) is 5.43. The van der Waals surface area contributed by atoms with Crippen molar-refractivity contribution in [3.8, 4) is 0 Å². The Morgan fingerprint density at radius 1 is 0.531 bits per heavy atom. The molecule has 6 rings (SSSR count). The molecule has 1 heteroatoms. The lowest BCUT2D eigenvalue weighted by atomic mass is 9.83. The van der Waals surface area contributed by atoms with E-state index in [4.69, 9.17) is 0 Å². The van der Waals surface area contributed by atoms with Crippen LogP contribution in [0.5, 0.6) is 0 Å². The fraction of sp³-hybridized carbons (Fsp3) is 0.419. The van der Waals surface area contributed by atoms with Gasteiger partial charge in [-0.3, -0.25) is 0 Å². The summed E-state index contributed by atoms with van der Waals surface area (Å²) < 4.78 is 0. The Morgan fingerprint density at radius 3 is 1.09 bits per heavy atom. The molecular formula is C31H36Si. The van der Waals surface area contributed by atoms with Crippen molar-refractivity contribution in [3.63, 3.8) is 0 Å². The molecule has 6 aliphatic rings. The monoisotopic (exact) mass is 436 g/mol. The van der Waals surface area contributed by atoms with Crippen molar-refractivity contribution in [1.82, 2.24) is 0 Å². The summed E-state index contributed by atoms with van der Waals surface area (Å²) in [6, 6.07) is 1.37. The number of hydrogen-bond acceptors (Lipinski definition) is 0. The molecule has 0 aromatic rings. The molecule has 2 fully saturated rings. The van der Waals surface area contributed by atoms with Crippen molar-refractivity contribution in [2.75, 3.05) is 0 Å². The van der Waals surface area contributed by atoms with E-state index in [0.29, 0.717) is 47.3 Å². The highest BCUT2D eigenvalue weighted by molar-refractivity contribution is 6.82. The van der Waals surface area contributed by atoms with E-state index in [2.05, 4.69) is 116 Å². The van der Waals surface area contributed by atoms with Crippen molar-refractivity contribution >= 4 is 8.07 Å². The number of fused-ring (bicyclic) bond motifs is 6. The zero-order valence-electron chi connectivity index (χ0n) is 19.2. The Bertz CT molecular complexity index is 857. The second-order valence-corrected chi connectivity index (χ2v) is 15.9. The molecule has 0 N–H and O–H groups in total. The fourth-order valence-corrected chi connectivity index (χ4v) is 15.6. The van der Waals surface area contributed by atoms with E-state index in [1.165, 1.54) is 6.04 Å². The second kappa shape index (κ2) is 8.03. The van der Waals surface area contributed by atoms with Crippen LogP contribution in [0.25, 0.3) is 0 Å². The second-order valence-electron chi connectivity index (χ2n) is 11.1. The number of rotatable bonds is 5. The molecule has 0 heterocycles. The molecule has 0 bridgehead atoms. The summed E-state index contributed by atoms with van der Waals surface area (Å²) in [7, 11) is -1.75. The van der Waals surface area contributed by atoms with E-state index >= 15 is 0 Å². The minimum absolute atomic E-state index is 0.670. The summed E-state index contributed by atoms with van der Waals surface area (Å²) >= 11 is 0. The summed E-state index contributed by atoms with van der Waals surface area (Å²) in [5, 5.41) is 0. The van der Waals surface area contributed by atoms with E-state index in [1.54, 1.807) is 0 Å². The SMILES string of the molecule is C=CCC[Si](C)(C1C2C=CC=CC2C2C=CC=CC21)C1C2C=CC=CC2C2C=CC=CC21. The molecule has 0 nitrogen and oxygen atoms in total. The highest BCUT2D eigenvalue weighted by atomic mass is 28.3. The lowest BCUT2D eigenvalue weighted by molar-refractivity contribution is 0.461. The van der Waals surface area contributed by atoms with E-state index in [0.717, 1.165) is 17.5 Å². The van der Waals surface area contributed by atoms with E-state index in [9.17, 15) is 0 Å². The molecular weight excluding hydrogens is 400 g/mol. The maximum absolute atomic E-state index is 4.16. The van der Waals surface area contributed by atoms with Crippen molar-refractivity contribution in [2.45, 2.75) is 30.1 Å². The maximum atomic E-state index is 4.16. The number of allylic oxidation sites excluding steroid dienone is 17. The summed E-state index contributed by atoms with van der Waals surface area (Å²) in [6.07, 6.45) is 42.4. The highest BCUT2D eigenvalue weighted by Crippen LogP contribution is 2.67. The van der Waals surface area contributed by atoms with Crippen LogP contribution in [0, 0.1) is 47.3 Å². The third-order valence-electron chi connectivity index (χ3n) is 9.85. The van der Waals surface area contributed by atoms with Crippen LogP contribution in [0.4, 0.5) is 0 Å². The van der Waals surface area contributed by atoms with E-state index < -0.39 is 8.07 Å². The molecule has 0 spiro atoms. The Kier molecular flexibility index (Phi) is 5.14. The largest absolute Gasteiger partial charge is 0.103 e. The van der Waals surface area contributed by atoms with Crippen LogP contribution in [0.2, 0.25) is 23.7 Å². The van der Waals surface area contributed by atoms with E-state index in [-0.39, 0.29) is 0 Å². The Balaban J connectivity index is 1.48. The van der Waals surface area contributed by atoms with Crippen LogP contribution in [0.3, 0.4) is 0 Å². The van der Waals surface area contributed by atoms with Crippen molar-refractivity contribution in [2.24, 2.45) is 47.3 Å². The lowest BCUT2D eigenvalue weighted by Gasteiger charge is -2.48. The first-order valence-corrected chi connectivity index (χ1v) is 15.6. The van der Waals surface area contributed by atoms with Gasteiger partial charge in [-0.15, -0.1) is 6.58 Å². The predicted octanol–water partition coefficient (Wildman–Crippen LogP) is 7.84. The number of hydrogen-bond donors (Lipinski definition) is 0. The Hall–Kier alpha value is -2.12. The van der Waals surface area contributed by atoms with Crippen LogP contribution in [-0.4, -0.2) is 8.07 Å². The molecule has 6 aliphatic carbocycles. The molecule has 0 aromatic heterocycles. The van der Waals surface area contributed by atoms with Crippen LogP contribution >= 0.6 is 0 Å². The molecule has 0 amide bonds. The molecule has 32 heavy (non-hydrogen) atoms. The summed E-state index contributed by atoms with van der Waals surface area (Å²) in [6.45, 7) is 6.97. The Morgan fingerprint density at radius 2 is 0.812 bits per heavy atom. The van der Waals surface area contributed by atoms with Gasteiger partial charge in [-0.05, 0) is 64.8 Å². The van der Waals surface area contributed by atoms with Gasteiger partial charge in [0.05, 0.1) is 8.07 Å². The van der Waals surface area contributed by atoms with Crippen LogP contribution in [-0.2, 0) is 0 Å². The van der Waals surface area contributed by atoms with Crippen LogP contribution in [0.15, 0.2) is 110 Å². The van der Waals surface area contributed by atoms with Gasteiger partial charge in [-0.25, -0.2) is 0 Å². The average molecular weight is 437 g/mol. The van der Waals surface area contributed by atoms with Crippen molar-refractivity contribution < 1.29 is 0 Å². The first-order valence-electron chi connectivity index (χ1n) is 12.7.